The van der Waals surface area contributed by atoms with Crippen LogP contribution in [0, 0.1) is 86.4 Å². The maximum absolute atomic E-state index is 13.7. The van der Waals surface area contributed by atoms with Crippen LogP contribution in [0.2, 0.25) is 0 Å². The van der Waals surface area contributed by atoms with E-state index in [2.05, 4.69) is 5.32 Å². The molecule has 0 spiro atoms. The van der Waals surface area contributed by atoms with Crippen LogP contribution >= 0.6 is 0 Å². The molecule has 1 atom stereocenters. The molecule has 0 aromatic heterocycles. The minimum Gasteiger partial charge on any atom is -0.318 e. The molecule has 5 rings (SSSR count). The molecule has 1 saturated heterocycles. The fourth-order valence-corrected chi connectivity index (χ4v) is 4.38. The summed E-state index contributed by atoms with van der Waals surface area (Å²) in [6, 6.07) is 6.22. The zero-order chi connectivity index (χ0) is 30.0. The molecule has 6 nitrogen and oxygen atoms in total. The summed E-state index contributed by atoms with van der Waals surface area (Å²) in [5, 5.41) is 20.4. The van der Waals surface area contributed by atoms with E-state index in [0.717, 1.165) is 24.3 Å². The summed E-state index contributed by atoms with van der Waals surface area (Å²) in [4.78, 5) is 27.1. The summed E-state index contributed by atoms with van der Waals surface area (Å²) < 4.78 is 81.4. The molecule has 3 amide bonds. The van der Waals surface area contributed by atoms with Gasteiger partial charge in [0.25, 0.3) is 5.91 Å². The molecule has 3 aliphatic rings. The van der Waals surface area contributed by atoms with Crippen molar-refractivity contribution in [2.75, 3.05) is 4.90 Å². The van der Waals surface area contributed by atoms with Crippen molar-refractivity contribution < 1.29 is 53.0 Å². The normalized spacial score (nSPS) is 20.7. The van der Waals surface area contributed by atoms with Crippen LogP contribution in [-0.2, 0) is 39.8 Å². The van der Waals surface area contributed by atoms with Gasteiger partial charge in [0.2, 0.25) is 0 Å². The molecule has 1 unspecified atom stereocenters. The minimum atomic E-state index is -4.99. The van der Waals surface area contributed by atoms with Gasteiger partial charge in [0.1, 0.15) is 0 Å². The number of nitrogens with zero attached hydrogens (tertiary/aromatic N) is 3. The topological polar surface area (TPSA) is 97.0 Å². The maximum Gasteiger partial charge on any atom is 2.00 e. The van der Waals surface area contributed by atoms with E-state index in [4.69, 9.17) is 10.5 Å². The van der Waals surface area contributed by atoms with E-state index >= 15 is 0 Å². The van der Waals surface area contributed by atoms with E-state index in [1.165, 1.54) is 37.8 Å². The van der Waals surface area contributed by atoms with E-state index in [1.54, 1.807) is 0 Å². The van der Waals surface area contributed by atoms with Gasteiger partial charge in [-0.2, -0.15) is 36.9 Å². The molecular formula is C29H16F6FeN4O2+2. The van der Waals surface area contributed by atoms with Crippen molar-refractivity contribution in [3.8, 4) is 12.1 Å². The molecule has 10 radical (unpaired) electrons. The monoisotopic (exact) mass is 622 g/mol. The number of hydrogen-bond donors (Lipinski definition) is 1. The number of anilines is 1. The van der Waals surface area contributed by atoms with Gasteiger partial charge in [-0.3, -0.25) is 4.79 Å². The standard InChI is InChI=1S/C24H11F6N4O2.C5H5.Fe/c25-23(26,27)18-9-16(7-5-13(18)11-31)22(15-3-1-2-4-15)20(35)34(21(36)33-22)17-8-6-14(12-32)19(10-17)24(28,29)30;1-2-4-5-3-1;/h1-10H,(H,33,36);1-5H;/q;;+2. The quantitative estimate of drug-likeness (QED) is 0.264. The third-order valence-corrected chi connectivity index (χ3v) is 6.24. The van der Waals surface area contributed by atoms with Crippen LogP contribution in [0.5, 0.6) is 0 Å². The van der Waals surface area contributed by atoms with Crippen molar-refractivity contribution in [1.82, 2.24) is 5.32 Å². The van der Waals surface area contributed by atoms with Crippen LogP contribution < -0.4 is 10.2 Å². The summed E-state index contributed by atoms with van der Waals surface area (Å²) in [7, 11) is 0. The van der Waals surface area contributed by atoms with Gasteiger partial charge in [-0.25, -0.2) is 9.69 Å². The number of halogens is 6. The van der Waals surface area contributed by atoms with Gasteiger partial charge in [-0.15, -0.1) is 0 Å². The molecule has 0 bridgehead atoms. The molecule has 2 aliphatic carbocycles. The van der Waals surface area contributed by atoms with Crippen molar-refractivity contribution >= 4 is 17.6 Å². The first-order chi connectivity index (χ1) is 19.3. The largest absolute Gasteiger partial charge is 2.00 e. The second-order valence-electron chi connectivity index (χ2n) is 8.67. The van der Waals surface area contributed by atoms with Crippen LogP contribution in [0.25, 0.3) is 0 Å². The first-order valence-electron chi connectivity index (χ1n) is 11.6. The van der Waals surface area contributed by atoms with Crippen LogP contribution in [0.15, 0.2) is 36.4 Å². The van der Waals surface area contributed by atoms with E-state index in [0.29, 0.717) is 17.0 Å². The van der Waals surface area contributed by atoms with Crippen molar-refractivity contribution in [2.45, 2.75) is 17.9 Å². The Morgan fingerprint density at radius 1 is 0.714 bits per heavy atom. The number of carbonyl (C=O) groups excluding carboxylic acids is 2. The Hall–Kier alpha value is -3.54. The zero-order valence-corrected chi connectivity index (χ0v) is 22.0. The summed E-state index contributed by atoms with van der Waals surface area (Å²) >= 11 is 0. The number of carbonyl (C=O) groups is 2. The second-order valence-corrected chi connectivity index (χ2v) is 8.67. The van der Waals surface area contributed by atoms with Gasteiger partial charge >= 0.3 is 35.5 Å². The third kappa shape index (κ3) is 6.28. The summed E-state index contributed by atoms with van der Waals surface area (Å²) in [6.07, 6.45) is 5.65. The summed E-state index contributed by atoms with van der Waals surface area (Å²) in [5.74, 6) is -1.12. The molecule has 2 aromatic rings. The first kappa shape index (κ1) is 33.0. The Labute approximate surface area is 249 Å². The molecule has 2 aromatic carbocycles. The predicted molar refractivity (Wildman–Crippen MR) is 132 cm³/mol. The number of urea groups is 1. The Balaban J connectivity index is 0.000000730. The van der Waals surface area contributed by atoms with E-state index < -0.39 is 57.8 Å². The first-order valence-corrected chi connectivity index (χ1v) is 11.6. The maximum atomic E-state index is 13.7. The number of amides is 3. The van der Waals surface area contributed by atoms with Crippen molar-refractivity contribution in [2.24, 2.45) is 0 Å². The van der Waals surface area contributed by atoms with Crippen LogP contribution in [0.1, 0.15) is 27.8 Å². The molecule has 1 heterocycles. The number of imide groups is 1. The molecule has 1 N–H and O–H groups in total. The van der Waals surface area contributed by atoms with Crippen LogP contribution in [0.3, 0.4) is 0 Å². The molecule has 13 heteroatoms. The number of rotatable bonds is 3. The Bertz CT molecular complexity index is 1410. The van der Waals surface area contributed by atoms with Gasteiger partial charge in [-0.1, -0.05) is 6.07 Å². The Kier molecular flexibility index (Phi) is 10.0. The van der Waals surface area contributed by atoms with Gasteiger partial charge in [-0.05, 0) is 93.7 Å². The summed E-state index contributed by atoms with van der Waals surface area (Å²) in [5.41, 5.74) is -7.35. The van der Waals surface area contributed by atoms with Gasteiger partial charge < -0.3 is 5.32 Å². The minimum absolute atomic E-state index is 0. The molecule has 42 heavy (non-hydrogen) atoms. The predicted octanol–water partition coefficient (Wildman–Crippen LogP) is 5.84. The zero-order valence-electron chi connectivity index (χ0n) is 20.9. The second kappa shape index (κ2) is 12.8. The SMILES string of the molecule is N#Cc1ccc(N2C(=O)NC([C]3[CH][CH][CH][CH]3)(c3ccc(C#N)c(C(F)(F)F)c3)C2=O)cc1C(F)(F)F.[CH]1[CH][CH][CH][CH]1.[Fe+2]. The van der Waals surface area contributed by atoms with Crippen molar-refractivity contribution in [3.05, 3.63) is 128 Å². The van der Waals surface area contributed by atoms with E-state index in [1.807, 2.05) is 32.1 Å². The average Bonchev–Trinajstić information content (AvgIpc) is 3.71. The number of benzene rings is 2. The molecule has 212 valence electrons. The van der Waals surface area contributed by atoms with Gasteiger partial charge in [0.15, 0.2) is 5.54 Å². The number of nitriles is 2. The smallest absolute Gasteiger partial charge is 0.318 e. The van der Waals surface area contributed by atoms with Crippen LogP contribution in [-0.4, -0.2) is 11.9 Å². The molecule has 2 saturated carbocycles. The van der Waals surface area contributed by atoms with Gasteiger partial charge in [0, 0.05) is 5.92 Å². The molecular weight excluding hydrogens is 606 g/mol. The number of nitrogens with one attached hydrogen (secondary N) is 1. The number of hydrogen-bond acceptors (Lipinski definition) is 4. The Morgan fingerprint density at radius 2 is 1.19 bits per heavy atom. The van der Waals surface area contributed by atoms with E-state index in [-0.39, 0.29) is 28.6 Å². The van der Waals surface area contributed by atoms with E-state index in [9.17, 15) is 35.9 Å². The fourth-order valence-electron chi connectivity index (χ4n) is 4.38. The molecule has 3 fully saturated rings. The fraction of sp³-hybridized carbons (Fsp3) is 0.103. The van der Waals surface area contributed by atoms with Crippen molar-refractivity contribution in [3.63, 3.8) is 0 Å². The summed E-state index contributed by atoms with van der Waals surface area (Å²) in [6.45, 7) is 0. The average molecular weight is 622 g/mol. The van der Waals surface area contributed by atoms with Gasteiger partial charge in [0.05, 0.1) is 40.1 Å². The third-order valence-electron chi connectivity index (χ3n) is 6.24. The molecule has 1 aliphatic heterocycles. The Morgan fingerprint density at radius 3 is 1.67 bits per heavy atom. The van der Waals surface area contributed by atoms with Crippen LogP contribution in [0.4, 0.5) is 36.8 Å². The van der Waals surface area contributed by atoms with Crippen molar-refractivity contribution in [1.29, 1.82) is 10.5 Å². The number of alkyl halides is 6.